The van der Waals surface area contributed by atoms with Crippen LogP contribution >= 0.6 is 0 Å². The topological polar surface area (TPSA) is 104 Å². The first-order valence-electron chi connectivity index (χ1n) is 5.77. The number of ether oxygens (including phenoxy) is 1. The number of nitrogen functional groups attached to an aromatic ring is 1. The quantitative estimate of drug-likeness (QED) is 0.858. The minimum atomic E-state index is -0.642. The number of amides is 1. The molecule has 1 aromatic heterocycles. The Labute approximate surface area is 110 Å². The van der Waals surface area contributed by atoms with Crippen molar-refractivity contribution in [1.29, 1.82) is 0 Å². The van der Waals surface area contributed by atoms with Crippen molar-refractivity contribution in [3.8, 4) is 17.0 Å². The van der Waals surface area contributed by atoms with Crippen molar-refractivity contribution < 1.29 is 9.53 Å². The Morgan fingerprint density at radius 2 is 2.11 bits per heavy atom. The average molecular weight is 258 g/mol. The van der Waals surface area contributed by atoms with Gasteiger partial charge < -0.3 is 16.2 Å². The fourth-order valence-corrected chi connectivity index (χ4v) is 1.65. The Kier molecular flexibility index (Phi) is 3.61. The first kappa shape index (κ1) is 12.8. The summed E-state index contributed by atoms with van der Waals surface area (Å²) in [4.78, 5) is 19.0. The van der Waals surface area contributed by atoms with Crippen LogP contribution in [0.15, 0.2) is 30.3 Å². The van der Waals surface area contributed by atoms with Gasteiger partial charge in [0.25, 0.3) is 5.91 Å². The summed E-state index contributed by atoms with van der Waals surface area (Å²) >= 11 is 0. The molecular formula is C13H14N4O2. The zero-order chi connectivity index (χ0) is 13.8. The third-order valence-corrected chi connectivity index (χ3v) is 2.44. The molecule has 0 aliphatic rings. The van der Waals surface area contributed by atoms with Crippen LogP contribution in [0.3, 0.4) is 0 Å². The Bertz CT molecular complexity index is 613. The molecule has 6 nitrogen and oxygen atoms in total. The molecule has 0 radical (unpaired) electrons. The fourth-order valence-electron chi connectivity index (χ4n) is 1.65. The highest BCUT2D eigenvalue weighted by Gasteiger charge is 2.09. The summed E-state index contributed by atoms with van der Waals surface area (Å²) in [6.07, 6.45) is 0. The molecule has 1 aromatic carbocycles. The van der Waals surface area contributed by atoms with Crippen LogP contribution in [0.2, 0.25) is 0 Å². The van der Waals surface area contributed by atoms with E-state index >= 15 is 0 Å². The van der Waals surface area contributed by atoms with Crippen molar-refractivity contribution in [2.45, 2.75) is 6.92 Å². The van der Waals surface area contributed by atoms with Crippen LogP contribution in [0.5, 0.6) is 5.75 Å². The smallest absolute Gasteiger partial charge is 0.267 e. The highest BCUT2D eigenvalue weighted by atomic mass is 16.5. The molecular weight excluding hydrogens is 244 g/mol. The second-order valence-electron chi connectivity index (χ2n) is 3.82. The van der Waals surface area contributed by atoms with Crippen LogP contribution in [0.25, 0.3) is 11.3 Å². The molecule has 0 atom stereocenters. The zero-order valence-corrected chi connectivity index (χ0v) is 10.5. The van der Waals surface area contributed by atoms with E-state index in [1.807, 2.05) is 31.2 Å². The number of nitrogens with two attached hydrogens (primary N) is 2. The molecule has 0 aliphatic carbocycles. The van der Waals surface area contributed by atoms with E-state index in [4.69, 9.17) is 16.2 Å². The summed E-state index contributed by atoms with van der Waals surface area (Å²) in [7, 11) is 0. The zero-order valence-electron chi connectivity index (χ0n) is 10.5. The molecule has 2 rings (SSSR count). The Hall–Kier alpha value is -2.63. The lowest BCUT2D eigenvalue weighted by Gasteiger charge is -2.07. The van der Waals surface area contributed by atoms with E-state index in [9.17, 15) is 4.79 Å². The van der Waals surface area contributed by atoms with Gasteiger partial charge in [-0.25, -0.2) is 9.97 Å². The molecule has 0 spiro atoms. The van der Waals surface area contributed by atoms with E-state index in [1.54, 1.807) is 0 Å². The van der Waals surface area contributed by atoms with Gasteiger partial charge >= 0.3 is 0 Å². The maximum absolute atomic E-state index is 11.2. The second kappa shape index (κ2) is 5.34. The third-order valence-electron chi connectivity index (χ3n) is 2.44. The number of hydrogen-bond donors (Lipinski definition) is 2. The van der Waals surface area contributed by atoms with Gasteiger partial charge in [-0.05, 0) is 25.1 Å². The van der Waals surface area contributed by atoms with Gasteiger partial charge in [0.15, 0.2) is 0 Å². The highest BCUT2D eigenvalue weighted by molar-refractivity contribution is 5.92. The van der Waals surface area contributed by atoms with Gasteiger partial charge in [-0.2, -0.15) is 0 Å². The van der Waals surface area contributed by atoms with Crippen LogP contribution in [0.1, 0.15) is 17.4 Å². The van der Waals surface area contributed by atoms with E-state index in [-0.39, 0.29) is 11.6 Å². The maximum Gasteiger partial charge on any atom is 0.267 e. The van der Waals surface area contributed by atoms with Gasteiger partial charge in [0, 0.05) is 5.56 Å². The summed E-state index contributed by atoms with van der Waals surface area (Å²) in [5.74, 6) is 0.0854. The third kappa shape index (κ3) is 2.98. The predicted molar refractivity (Wildman–Crippen MR) is 71.6 cm³/mol. The average Bonchev–Trinajstić information content (AvgIpc) is 2.38. The normalized spacial score (nSPS) is 10.2. The number of rotatable bonds is 4. The summed E-state index contributed by atoms with van der Waals surface area (Å²) < 4.78 is 5.41. The van der Waals surface area contributed by atoms with Gasteiger partial charge in [0.1, 0.15) is 11.4 Å². The predicted octanol–water partition coefficient (Wildman–Crippen LogP) is 1.22. The SMILES string of the molecule is CCOc1cccc(-c2cc(C(N)=O)nc(N)n2)c1. The first-order valence-corrected chi connectivity index (χ1v) is 5.77. The van der Waals surface area contributed by atoms with Crippen LogP contribution in [-0.4, -0.2) is 22.5 Å². The van der Waals surface area contributed by atoms with Crippen LogP contribution in [0, 0.1) is 0 Å². The molecule has 0 aliphatic heterocycles. The fraction of sp³-hybridized carbons (Fsp3) is 0.154. The first-order chi connectivity index (χ1) is 9.10. The van der Waals surface area contributed by atoms with E-state index in [0.717, 1.165) is 11.3 Å². The highest BCUT2D eigenvalue weighted by Crippen LogP contribution is 2.23. The Balaban J connectivity index is 2.46. The van der Waals surface area contributed by atoms with Gasteiger partial charge in [0.2, 0.25) is 5.95 Å². The molecule has 19 heavy (non-hydrogen) atoms. The molecule has 6 heteroatoms. The summed E-state index contributed by atoms with van der Waals surface area (Å²) in [6, 6.07) is 8.84. The van der Waals surface area contributed by atoms with Crippen LogP contribution in [0.4, 0.5) is 5.95 Å². The molecule has 0 saturated heterocycles. The maximum atomic E-state index is 11.2. The van der Waals surface area contributed by atoms with Gasteiger partial charge in [-0.3, -0.25) is 4.79 Å². The van der Waals surface area contributed by atoms with Gasteiger partial charge in [0.05, 0.1) is 12.3 Å². The lowest BCUT2D eigenvalue weighted by Crippen LogP contribution is -2.15. The minimum Gasteiger partial charge on any atom is -0.494 e. The molecule has 2 aromatic rings. The molecule has 1 heterocycles. The van der Waals surface area contributed by atoms with Crippen LogP contribution in [-0.2, 0) is 0 Å². The van der Waals surface area contributed by atoms with E-state index in [2.05, 4.69) is 9.97 Å². The molecule has 1 amide bonds. The number of hydrogen-bond acceptors (Lipinski definition) is 5. The second-order valence-corrected chi connectivity index (χ2v) is 3.82. The summed E-state index contributed by atoms with van der Waals surface area (Å²) in [6.45, 7) is 2.47. The van der Waals surface area contributed by atoms with Crippen molar-refractivity contribution in [1.82, 2.24) is 9.97 Å². The standard InChI is InChI=1S/C13H14N4O2/c1-2-19-9-5-3-4-8(6-9)10-7-11(12(14)18)17-13(15)16-10/h3-7H,2H2,1H3,(H2,14,18)(H2,15,16,17). The number of primary amides is 1. The lowest BCUT2D eigenvalue weighted by molar-refractivity contribution is 0.0995. The van der Waals surface area contributed by atoms with E-state index in [0.29, 0.717) is 12.3 Å². The largest absolute Gasteiger partial charge is 0.494 e. The number of carbonyl (C=O) groups is 1. The number of benzene rings is 1. The molecule has 4 N–H and O–H groups in total. The van der Waals surface area contributed by atoms with Crippen molar-refractivity contribution in [3.05, 3.63) is 36.0 Å². The Morgan fingerprint density at radius 3 is 2.79 bits per heavy atom. The number of carbonyl (C=O) groups excluding carboxylic acids is 1. The van der Waals surface area contributed by atoms with Crippen molar-refractivity contribution >= 4 is 11.9 Å². The van der Waals surface area contributed by atoms with Gasteiger partial charge in [-0.15, -0.1) is 0 Å². The van der Waals surface area contributed by atoms with Crippen molar-refractivity contribution in [2.24, 2.45) is 5.73 Å². The van der Waals surface area contributed by atoms with Gasteiger partial charge in [-0.1, -0.05) is 12.1 Å². The molecule has 0 unspecified atom stereocenters. The van der Waals surface area contributed by atoms with Crippen molar-refractivity contribution in [3.63, 3.8) is 0 Å². The van der Waals surface area contributed by atoms with Crippen LogP contribution < -0.4 is 16.2 Å². The van der Waals surface area contributed by atoms with Crippen molar-refractivity contribution in [2.75, 3.05) is 12.3 Å². The molecule has 0 saturated carbocycles. The van der Waals surface area contributed by atoms with E-state index in [1.165, 1.54) is 6.07 Å². The summed E-state index contributed by atoms with van der Waals surface area (Å²) in [5.41, 5.74) is 12.2. The molecule has 0 fully saturated rings. The molecule has 0 bridgehead atoms. The Morgan fingerprint density at radius 1 is 1.32 bits per heavy atom. The van der Waals surface area contributed by atoms with E-state index < -0.39 is 5.91 Å². The lowest BCUT2D eigenvalue weighted by atomic mass is 10.1. The number of nitrogens with zero attached hydrogens (tertiary/aromatic N) is 2. The minimum absolute atomic E-state index is 0.00751. The monoisotopic (exact) mass is 258 g/mol. The molecule has 98 valence electrons. The number of anilines is 1. The summed E-state index contributed by atoms with van der Waals surface area (Å²) in [5, 5.41) is 0. The number of aromatic nitrogens is 2.